The van der Waals surface area contributed by atoms with Gasteiger partial charge in [0, 0.05) is 19.6 Å². The Bertz CT molecular complexity index is 452. The van der Waals surface area contributed by atoms with Crippen LogP contribution in [0.25, 0.3) is 0 Å². The number of hydrogen-bond donors (Lipinski definition) is 1. The number of nitrogens with one attached hydrogen (secondary N) is 1. The number of fused-ring (bicyclic) bond motifs is 1. The zero-order valence-electron chi connectivity index (χ0n) is 11.2. The van der Waals surface area contributed by atoms with Crippen LogP contribution in [0.5, 0.6) is 0 Å². The van der Waals surface area contributed by atoms with Gasteiger partial charge in [-0.15, -0.1) is 0 Å². The molecule has 0 bridgehead atoms. The van der Waals surface area contributed by atoms with Crippen LogP contribution in [0.2, 0.25) is 0 Å². The minimum absolute atomic E-state index is 0.00342. The third-order valence-electron chi connectivity index (χ3n) is 4.21. The number of ether oxygens (including phenoxy) is 1. The first-order chi connectivity index (χ1) is 9.33. The molecule has 0 radical (unpaired) electrons. The first-order valence-electron chi connectivity index (χ1n) is 7.27. The van der Waals surface area contributed by atoms with Gasteiger partial charge in [0.1, 0.15) is 5.78 Å². The van der Waals surface area contributed by atoms with Crippen LogP contribution in [0.4, 0.5) is 0 Å². The van der Waals surface area contributed by atoms with Gasteiger partial charge in [-0.05, 0) is 36.8 Å². The maximum atomic E-state index is 12.2. The average molecular weight is 259 g/mol. The van der Waals surface area contributed by atoms with Gasteiger partial charge in [0.05, 0.1) is 12.1 Å². The molecule has 3 nitrogen and oxygen atoms in total. The van der Waals surface area contributed by atoms with Crippen LogP contribution in [-0.2, 0) is 22.5 Å². The largest absolute Gasteiger partial charge is 0.378 e. The summed E-state index contributed by atoms with van der Waals surface area (Å²) < 4.78 is 5.57. The Kier molecular flexibility index (Phi) is 3.95. The lowest BCUT2D eigenvalue weighted by Gasteiger charge is -2.25. The van der Waals surface area contributed by atoms with E-state index in [4.69, 9.17) is 4.74 Å². The Labute approximate surface area is 114 Å². The Hall–Kier alpha value is -1.19. The van der Waals surface area contributed by atoms with E-state index in [0.29, 0.717) is 18.3 Å². The summed E-state index contributed by atoms with van der Waals surface area (Å²) >= 11 is 0. The van der Waals surface area contributed by atoms with E-state index in [1.807, 2.05) is 0 Å². The van der Waals surface area contributed by atoms with Crippen molar-refractivity contribution >= 4 is 5.78 Å². The van der Waals surface area contributed by atoms with Crippen molar-refractivity contribution in [2.75, 3.05) is 6.61 Å². The van der Waals surface area contributed by atoms with Gasteiger partial charge in [-0.2, -0.15) is 0 Å². The number of carbonyl (C=O) groups is 1. The predicted molar refractivity (Wildman–Crippen MR) is 74.0 cm³/mol. The number of Topliss-reactive ketones (excluding diaryl/α,β-unsaturated/α-hetero) is 1. The van der Waals surface area contributed by atoms with Gasteiger partial charge in [-0.1, -0.05) is 24.3 Å². The van der Waals surface area contributed by atoms with E-state index in [0.717, 1.165) is 38.8 Å². The molecule has 3 heteroatoms. The van der Waals surface area contributed by atoms with Crippen LogP contribution in [0, 0.1) is 0 Å². The van der Waals surface area contributed by atoms with Crippen LogP contribution < -0.4 is 5.32 Å². The summed E-state index contributed by atoms with van der Waals surface area (Å²) in [5, 5.41) is 3.36. The molecule has 19 heavy (non-hydrogen) atoms. The number of carbonyl (C=O) groups excluding carboxylic acids is 1. The highest BCUT2D eigenvalue weighted by atomic mass is 16.5. The molecule has 0 aliphatic carbocycles. The van der Waals surface area contributed by atoms with E-state index >= 15 is 0 Å². The number of ketones is 1. The fourth-order valence-corrected chi connectivity index (χ4v) is 3.03. The minimum atomic E-state index is -0.00342. The molecule has 1 N–H and O–H groups in total. The van der Waals surface area contributed by atoms with Crippen LogP contribution in [0.1, 0.15) is 36.8 Å². The highest BCUT2D eigenvalue weighted by Crippen LogP contribution is 2.20. The van der Waals surface area contributed by atoms with Crippen LogP contribution in [0.15, 0.2) is 24.3 Å². The summed E-state index contributed by atoms with van der Waals surface area (Å²) in [6.07, 6.45) is 4.95. The molecule has 102 valence electrons. The van der Waals surface area contributed by atoms with Gasteiger partial charge in [-0.25, -0.2) is 0 Å². The van der Waals surface area contributed by atoms with Gasteiger partial charge in [0.25, 0.3) is 0 Å². The lowest BCUT2D eigenvalue weighted by Crippen LogP contribution is -2.41. The zero-order chi connectivity index (χ0) is 13.1. The molecule has 0 aromatic heterocycles. The second-order valence-corrected chi connectivity index (χ2v) is 5.55. The number of rotatable bonds is 4. The van der Waals surface area contributed by atoms with E-state index in [1.165, 1.54) is 11.1 Å². The smallest absolute Gasteiger partial charge is 0.150 e. The molecule has 1 aromatic rings. The Balaban J connectivity index is 1.54. The zero-order valence-corrected chi connectivity index (χ0v) is 11.2. The van der Waals surface area contributed by atoms with Crippen molar-refractivity contribution < 1.29 is 9.53 Å². The molecule has 2 heterocycles. The lowest BCUT2D eigenvalue weighted by molar-refractivity contribution is -0.121. The molecule has 2 unspecified atom stereocenters. The van der Waals surface area contributed by atoms with Gasteiger partial charge in [0.2, 0.25) is 0 Å². The Morgan fingerprint density at radius 3 is 2.95 bits per heavy atom. The summed E-state index contributed by atoms with van der Waals surface area (Å²) in [6, 6.07) is 8.38. The molecule has 2 aliphatic rings. The summed E-state index contributed by atoms with van der Waals surface area (Å²) in [4.78, 5) is 12.2. The second kappa shape index (κ2) is 5.85. The molecule has 2 aliphatic heterocycles. The topological polar surface area (TPSA) is 38.3 Å². The quantitative estimate of drug-likeness (QED) is 0.901. The van der Waals surface area contributed by atoms with Crippen LogP contribution >= 0.6 is 0 Å². The van der Waals surface area contributed by atoms with Gasteiger partial charge in [-0.3, -0.25) is 4.79 Å². The summed E-state index contributed by atoms with van der Waals surface area (Å²) in [5.74, 6) is 0.338. The first kappa shape index (κ1) is 12.8. The van der Waals surface area contributed by atoms with Crippen molar-refractivity contribution in [3.63, 3.8) is 0 Å². The normalized spacial score (nSPS) is 26.1. The highest BCUT2D eigenvalue weighted by molar-refractivity contribution is 5.84. The van der Waals surface area contributed by atoms with E-state index in [-0.39, 0.29) is 6.04 Å². The van der Waals surface area contributed by atoms with E-state index in [9.17, 15) is 4.79 Å². The molecule has 1 saturated heterocycles. The van der Waals surface area contributed by atoms with Crippen LogP contribution in [-0.4, -0.2) is 24.5 Å². The maximum Gasteiger partial charge on any atom is 0.150 e. The van der Waals surface area contributed by atoms with Crippen molar-refractivity contribution in [3.05, 3.63) is 35.4 Å². The average Bonchev–Trinajstić information content (AvgIpc) is 2.97. The molecular weight excluding hydrogens is 238 g/mol. The first-order valence-corrected chi connectivity index (χ1v) is 7.27. The molecular formula is C16H21NO2. The SMILES string of the molecule is O=C(CCC1CCCO1)C1Cc2ccccc2CN1. The summed E-state index contributed by atoms with van der Waals surface area (Å²) in [6.45, 7) is 1.68. The van der Waals surface area contributed by atoms with Gasteiger partial charge < -0.3 is 10.1 Å². The highest BCUT2D eigenvalue weighted by Gasteiger charge is 2.25. The minimum Gasteiger partial charge on any atom is -0.378 e. The Morgan fingerprint density at radius 1 is 1.32 bits per heavy atom. The number of hydrogen-bond acceptors (Lipinski definition) is 3. The van der Waals surface area contributed by atoms with Crippen molar-refractivity contribution in [2.24, 2.45) is 0 Å². The molecule has 0 amide bonds. The van der Waals surface area contributed by atoms with Crippen molar-refractivity contribution in [2.45, 2.75) is 50.8 Å². The van der Waals surface area contributed by atoms with E-state index in [1.54, 1.807) is 0 Å². The molecule has 1 fully saturated rings. The van der Waals surface area contributed by atoms with Gasteiger partial charge >= 0.3 is 0 Å². The van der Waals surface area contributed by atoms with Gasteiger partial charge in [0.15, 0.2) is 0 Å². The fraction of sp³-hybridized carbons (Fsp3) is 0.562. The van der Waals surface area contributed by atoms with Crippen molar-refractivity contribution in [3.8, 4) is 0 Å². The van der Waals surface area contributed by atoms with Crippen molar-refractivity contribution in [1.29, 1.82) is 0 Å². The molecule has 1 aromatic carbocycles. The Morgan fingerprint density at radius 2 is 2.16 bits per heavy atom. The summed E-state index contributed by atoms with van der Waals surface area (Å²) in [5.41, 5.74) is 2.64. The summed E-state index contributed by atoms with van der Waals surface area (Å²) in [7, 11) is 0. The van der Waals surface area contributed by atoms with E-state index < -0.39 is 0 Å². The standard InChI is InChI=1S/C16H21NO2/c18-16(8-7-14-6-3-9-19-14)15-10-12-4-1-2-5-13(12)11-17-15/h1-2,4-5,14-15,17H,3,6-11H2. The molecule has 3 rings (SSSR count). The third kappa shape index (κ3) is 3.04. The van der Waals surface area contributed by atoms with Crippen LogP contribution in [0.3, 0.4) is 0 Å². The monoisotopic (exact) mass is 259 g/mol. The van der Waals surface area contributed by atoms with Crippen molar-refractivity contribution in [1.82, 2.24) is 5.32 Å². The van der Waals surface area contributed by atoms with E-state index in [2.05, 4.69) is 29.6 Å². The maximum absolute atomic E-state index is 12.2. The molecule has 0 saturated carbocycles. The lowest BCUT2D eigenvalue weighted by atomic mass is 9.92. The molecule has 0 spiro atoms. The second-order valence-electron chi connectivity index (χ2n) is 5.55. The fourth-order valence-electron chi connectivity index (χ4n) is 3.03. The number of benzene rings is 1. The molecule has 2 atom stereocenters. The predicted octanol–water partition coefficient (Wildman–Crippen LogP) is 2.23. The third-order valence-corrected chi connectivity index (χ3v) is 4.21.